The van der Waals surface area contributed by atoms with Gasteiger partial charge in [-0.05, 0) is 18.2 Å². The summed E-state index contributed by atoms with van der Waals surface area (Å²) in [7, 11) is 1.29. The number of nitrogens with zero attached hydrogens (tertiary/aromatic N) is 5. The van der Waals surface area contributed by atoms with Crippen molar-refractivity contribution in [3.63, 3.8) is 0 Å². The average Bonchev–Trinajstić information content (AvgIpc) is 2.64. The van der Waals surface area contributed by atoms with Crippen LogP contribution < -0.4 is 15.4 Å². The lowest BCUT2D eigenvalue weighted by atomic mass is 10.2. The smallest absolute Gasteiger partial charge is 0.327 e. The summed E-state index contributed by atoms with van der Waals surface area (Å²) in [5.74, 6) is 0.192. The molecule has 1 fully saturated rings. The van der Waals surface area contributed by atoms with Gasteiger partial charge >= 0.3 is 5.97 Å². The number of anilines is 2. The number of hydrogen-bond donors (Lipinski definition) is 0. The Hall–Kier alpha value is -2.90. The van der Waals surface area contributed by atoms with E-state index in [0.29, 0.717) is 5.82 Å². The van der Waals surface area contributed by atoms with E-state index in [9.17, 15) is 9.59 Å². The second kappa shape index (κ2) is 7.12. The summed E-state index contributed by atoms with van der Waals surface area (Å²) in [6.45, 7) is 3.08. The molecule has 3 rings (SSSR count). The highest BCUT2D eigenvalue weighted by Gasteiger charge is 2.19. The third kappa shape index (κ3) is 3.53. The minimum absolute atomic E-state index is 0.180. The number of rotatable bonds is 4. The molecule has 1 aliphatic heterocycles. The zero-order valence-electron chi connectivity index (χ0n) is 13.5. The Morgan fingerprint density at radius 3 is 2.42 bits per heavy atom. The van der Waals surface area contributed by atoms with Gasteiger partial charge in [0.15, 0.2) is 0 Å². The number of piperazine rings is 1. The zero-order chi connectivity index (χ0) is 16.9. The molecule has 8 nitrogen and oxygen atoms in total. The molecule has 1 aliphatic rings. The van der Waals surface area contributed by atoms with E-state index in [4.69, 9.17) is 0 Å². The molecule has 2 aromatic rings. The van der Waals surface area contributed by atoms with Gasteiger partial charge in [0.1, 0.15) is 12.4 Å². The van der Waals surface area contributed by atoms with Crippen molar-refractivity contribution in [2.45, 2.75) is 6.54 Å². The Balaban J connectivity index is 1.69. The Morgan fingerprint density at radius 1 is 1.08 bits per heavy atom. The van der Waals surface area contributed by atoms with Crippen LogP contribution in [-0.2, 0) is 16.1 Å². The van der Waals surface area contributed by atoms with Crippen LogP contribution in [0.25, 0.3) is 0 Å². The van der Waals surface area contributed by atoms with Crippen molar-refractivity contribution < 1.29 is 9.53 Å². The molecule has 0 unspecified atom stereocenters. The normalized spacial score (nSPS) is 14.5. The first-order valence-electron chi connectivity index (χ1n) is 7.72. The molecule has 0 bridgehead atoms. The number of methoxy groups -OCH3 is 1. The van der Waals surface area contributed by atoms with E-state index in [0.717, 1.165) is 36.5 Å². The molecule has 0 radical (unpaired) electrons. The van der Waals surface area contributed by atoms with Crippen molar-refractivity contribution in [2.75, 3.05) is 43.1 Å². The van der Waals surface area contributed by atoms with Crippen LogP contribution in [0.15, 0.2) is 41.5 Å². The summed E-state index contributed by atoms with van der Waals surface area (Å²) in [6, 6.07) is 7.10. The van der Waals surface area contributed by atoms with Crippen LogP contribution in [0.2, 0.25) is 0 Å². The van der Waals surface area contributed by atoms with E-state index in [1.165, 1.54) is 13.2 Å². The average molecular weight is 329 g/mol. The first-order chi connectivity index (χ1) is 11.7. The van der Waals surface area contributed by atoms with Crippen molar-refractivity contribution in [3.8, 4) is 0 Å². The summed E-state index contributed by atoms with van der Waals surface area (Å²) >= 11 is 0. The van der Waals surface area contributed by atoms with Gasteiger partial charge in [0, 0.05) is 50.3 Å². The van der Waals surface area contributed by atoms with Crippen molar-refractivity contribution in [3.05, 3.63) is 47.0 Å². The fraction of sp³-hybridized carbons (Fsp3) is 0.375. The van der Waals surface area contributed by atoms with Crippen LogP contribution in [0, 0.1) is 0 Å². The molecule has 0 atom stereocenters. The second-order valence-corrected chi connectivity index (χ2v) is 5.44. The van der Waals surface area contributed by atoms with Gasteiger partial charge in [0.2, 0.25) is 0 Å². The van der Waals surface area contributed by atoms with E-state index < -0.39 is 5.97 Å². The van der Waals surface area contributed by atoms with E-state index in [-0.39, 0.29) is 12.1 Å². The van der Waals surface area contributed by atoms with Gasteiger partial charge in [0.25, 0.3) is 5.56 Å². The van der Waals surface area contributed by atoms with Crippen molar-refractivity contribution in [1.82, 2.24) is 14.8 Å². The van der Waals surface area contributed by atoms with Crippen LogP contribution in [0.5, 0.6) is 0 Å². The van der Waals surface area contributed by atoms with E-state index >= 15 is 0 Å². The molecule has 0 aromatic carbocycles. The topological polar surface area (TPSA) is 80.6 Å². The lowest BCUT2D eigenvalue weighted by Crippen LogP contribution is -2.47. The molecule has 1 saturated heterocycles. The molecule has 0 spiro atoms. The highest BCUT2D eigenvalue weighted by atomic mass is 16.5. The summed E-state index contributed by atoms with van der Waals surface area (Å²) in [6.07, 6.45) is 3.57. The molecule has 2 aromatic heterocycles. The summed E-state index contributed by atoms with van der Waals surface area (Å²) in [5.41, 5.74) is 0.827. The number of aromatic nitrogens is 3. The van der Waals surface area contributed by atoms with Crippen LogP contribution in [0.1, 0.15) is 0 Å². The molecule has 3 heterocycles. The van der Waals surface area contributed by atoms with Gasteiger partial charge in [-0.2, -0.15) is 5.10 Å². The molecule has 0 saturated carbocycles. The quantitative estimate of drug-likeness (QED) is 0.738. The highest BCUT2D eigenvalue weighted by molar-refractivity contribution is 5.68. The van der Waals surface area contributed by atoms with Gasteiger partial charge < -0.3 is 14.5 Å². The molecular weight excluding hydrogens is 310 g/mol. The second-order valence-electron chi connectivity index (χ2n) is 5.44. The fourth-order valence-electron chi connectivity index (χ4n) is 2.66. The van der Waals surface area contributed by atoms with Crippen molar-refractivity contribution in [1.29, 1.82) is 0 Å². The largest absolute Gasteiger partial charge is 0.468 e. The Labute approximate surface area is 139 Å². The van der Waals surface area contributed by atoms with Gasteiger partial charge in [-0.15, -0.1) is 0 Å². The molecule has 0 amide bonds. The van der Waals surface area contributed by atoms with Gasteiger partial charge in [-0.1, -0.05) is 0 Å². The molecule has 8 heteroatoms. The maximum absolute atomic E-state index is 11.8. The monoisotopic (exact) mass is 329 g/mol. The molecule has 24 heavy (non-hydrogen) atoms. The fourth-order valence-corrected chi connectivity index (χ4v) is 2.66. The highest BCUT2D eigenvalue weighted by Crippen LogP contribution is 2.17. The molecule has 126 valence electrons. The third-order valence-corrected chi connectivity index (χ3v) is 3.99. The minimum Gasteiger partial charge on any atom is -0.468 e. The number of hydrogen-bond acceptors (Lipinski definition) is 7. The number of ether oxygens (including phenoxy) is 1. The van der Waals surface area contributed by atoms with E-state index in [1.54, 1.807) is 18.5 Å². The number of carbonyl (C=O) groups excluding carboxylic acids is 1. The zero-order valence-corrected chi connectivity index (χ0v) is 13.5. The summed E-state index contributed by atoms with van der Waals surface area (Å²) in [5, 5.41) is 4.28. The maximum atomic E-state index is 11.8. The lowest BCUT2D eigenvalue weighted by Gasteiger charge is -2.36. The van der Waals surface area contributed by atoms with Crippen LogP contribution in [0.3, 0.4) is 0 Å². The molecule has 0 N–H and O–H groups in total. The summed E-state index contributed by atoms with van der Waals surface area (Å²) in [4.78, 5) is 31.6. The summed E-state index contributed by atoms with van der Waals surface area (Å²) < 4.78 is 5.73. The van der Waals surface area contributed by atoms with Gasteiger partial charge in [-0.25, -0.2) is 4.68 Å². The predicted octanol–water partition coefficient (Wildman–Crippen LogP) is 0.138. The minimum atomic E-state index is -0.496. The predicted molar refractivity (Wildman–Crippen MR) is 89.2 cm³/mol. The van der Waals surface area contributed by atoms with Crippen molar-refractivity contribution in [2.24, 2.45) is 0 Å². The number of esters is 1. The lowest BCUT2D eigenvalue weighted by molar-refractivity contribution is -0.141. The van der Waals surface area contributed by atoms with Gasteiger partial charge in [0.05, 0.1) is 7.11 Å². The van der Waals surface area contributed by atoms with Crippen molar-refractivity contribution >= 4 is 17.5 Å². The first-order valence-corrected chi connectivity index (χ1v) is 7.72. The number of pyridine rings is 1. The van der Waals surface area contributed by atoms with Gasteiger partial charge in [-0.3, -0.25) is 14.6 Å². The SMILES string of the molecule is COC(=O)Cn1nc(N2CCN(c3ccncc3)CC2)ccc1=O. The maximum Gasteiger partial charge on any atom is 0.327 e. The standard InChI is InChI=1S/C16H19N5O3/c1-24-16(23)12-21-15(22)3-2-14(18-21)20-10-8-19(9-11-20)13-4-6-17-7-5-13/h2-7H,8-12H2,1H3. The van der Waals surface area contributed by atoms with Crippen LogP contribution >= 0.6 is 0 Å². The molecular formula is C16H19N5O3. The van der Waals surface area contributed by atoms with Crippen LogP contribution in [0.4, 0.5) is 11.5 Å². The third-order valence-electron chi connectivity index (χ3n) is 3.99. The Kier molecular flexibility index (Phi) is 4.74. The Bertz CT molecular complexity index is 754. The Morgan fingerprint density at radius 2 is 1.75 bits per heavy atom. The number of carbonyl (C=O) groups is 1. The van der Waals surface area contributed by atoms with E-state index in [1.807, 2.05) is 12.1 Å². The van der Waals surface area contributed by atoms with Crippen LogP contribution in [-0.4, -0.2) is 54.0 Å². The van der Waals surface area contributed by atoms with E-state index in [2.05, 4.69) is 24.6 Å². The molecule has 0 aliphatic carbocycles. The first kappa shape index (κ1) is 16.0.